The molecule has 2 rings (SSSR count). The quantitative estimate of drug-likeness (QED) is 0.517. The molecule has 0 N–H and O–H groups in total. The minimum absolute atomic E-state index is 0.377. The zero-order valence-corrected chi connectivity index (χ0v) is 14.1. The third-order valence-corrected chi connectivity index (χ3v) is 5.35. The van der Waals surface area contributed by atoms with Gasteiger partial charge >= 0.3 is 0 Å². The van der Waals surface area contributed by atoms with Crippen molar-refractivity contribution in [1.29, 1.82) is 0 Å². The van der Waals surface area contributed by atoms with Crippen molar-refractivity contribution < 1.29 is 8.78 Å². The summed E-state index contributed by atoms with van der Waals surface area (Å²) in [6, 6.07) is 4.44. The molecule has 0 heterocycles. The Bertz CT molecular complexity index is 447. The van der Waals surface area contributed by atoms with E-state index in [9.17, 15) is 8.78 Å². The molecule has 124 valence electrons. The Morgan fingerprint density at radius 3 is 2.41 bits per heavy atom. The molecular weight excluding hydrogens is 278 g/mol. The Hall–Kier alpha value is -0.920. The highest BCUT2D eigenvalue weighted by Gasteiger charge is 2.19. The molecule has 1 aromatic rings. The second-order valence-corrected chi connectivity index (χ2v) is 7.22. The van der Waals surface area contributed by atoms with Gasteiger partial charge in [0, 0.05) is 0 Å². The van der Waals surface area contributed by atoms with Gasteiger partial charge in [-0.2, -0.15) is 0 Å². The van der Waals surface area contributed by atoms with E-state index in [1.54, 1.807) is 6.07 Å². The normalized spacial score (nSPS) is 23.5. The molecule has 1 aliphatic rings. The van der Waals surface area contributed by atoms with Crippen molar-refractivity contribution in [2.75, 3.05) is 0 Å². The molecule has 1 saturated carbocycles. The summed E-state index contributed by atoms with van der Waals surface area (Å²) < 4.78 is 26.6. The number of hydrogen-bond donors (Lipinski definition) is 0. The van der Waals surface area contributed by atoms with Crippen LogP contribution in [0.15, 0.2) is 18.2 Å². The van der Waals surface area contributed by atoms with Crippen molar-refractivity contribution in [2.45, 2.75) is 77.6 Å². The molecule has 0 spiro atoms. The third kappa shape index (κ3) is 5.07. The van der Waals surface area contributed by atoms with Crippen molar-refractivity contribution in [3.63, 3.8) is 0 Å². The summed E-state index contributed by atoms with van der Waals surface area (Å²) >= 11 is 0. The first kappa shape index (κ1) is 17.4. The van der Waals surface area contributed by atoms with E-state index in [1.165, 1.54) is 50.7 Å². The summed E-state index contributed by atoms with van der Waals surface area (Å²) in [5.41, 5.74) is 0.970. The standard InChI is InChI=1S/C20H30F2/c1-3-5-17(18-12-13-19(21)20(22)14-18)7-4-6-16-10-8-15(2)9-11-16/h12-17H,3-11H2,1-2H3. The van der Waals surface area contributed by atoms with Gasteiger partial charge in [0.15, 0.2) is 11.6 Å². The highest BCUT2D eigenvalue weighted by atomic mass is 19.2. The molecule has 1 aliphatic carbocycles. The molecule has 1 aromatic carbocycles. The number of benzene rings is 1. The van der Waals surface area contributed by atoms with Crippen molar-refractivity contribution in [1.82, 2.24) is 0 Å². The summed E-state index contributed by atoms with van der Waals surface area (Å²) in [4.78, 5) is 0. The molecule has 0 bridgehead atoms. The first-order valence-corrected chi connectivity index (χ1v) is 9.05. The van der Waals surface area contributed by atoms with E-state index >= 15 is 0 Å². The molecule has 0 aliphatic heterocycles. The van der Waals surface area contributed by atoms with E-state index < -0.39 is 11.6 Å². The van der Waals surface area contributed by atoms with Gasteiger partial charge in [0.2, 0.25) is 0 Å². The van der Waals surface area contributed by atoms with Gasteiger partial charge < -0.3 is 0 Å². The predicted molar refractivity (Wildman–Crippen MR) is 89.0 cm³/mol. The van der Waals surface area contributed by atoms with Gasteiger partial charge in [-0.1, -0.05) is 64.9 Å². The Kier molecular flexibility index (Phi) is 6.85. The van der Waals surface area contributed by atoms with Crippen LogP contribution in [0.25, 0.3) is 0 Å². The molecule has 22 heavy (non-hydrogen) atoms. The van der Waals surface area contributed by atoms with Gasteiger partial charge in [-0.3, -0.25) is 0 Å². The molecule has 1 unspecified atom stereocenters. The maximum Gasteiger partial charge on any atom is 0.159 e. The third-order valence-electron chi connectivity index (χ3n) is 5.35. The average Bonchev–Trinajstić information content (AvgIpc) is 2.51. The first-order chi connectivity index (χ1) is 10.6. The molecule has 2 heteroatoms. The Morgan fingerprint density at radius 1 is 1.05 bits per heavy atom. The molecule has 0 radical (unpaired) electrons. The fourth-order valence-electron chi connectivity index (χ4n) is 3.86. The maximum atomic E-state index is 13.5. The Balaban J connectivity index is 1.84. The zero-order valence-electron chi connectivity index (χ0n) is 14.1. The lowest BCUT2D eigenvalue weighted by molar-refractivity contribution is 0.269. The van der Waals surface area contributed by atoms with Gasteiger partial charge in [0.05, 0.1) is 0 Å². The van der Waals surface area contributed by atoms with Crippen LogP contribution in [0.2, 0.25) is 0 Å². The minimum Gasteiger partial charge on any atom is -0.204 e. The van der Waals surface area contributed by atoms with Crippen LogP contribution in [-0.4, -0.2) is 0 Å². The fraction of sp³-hybridized carbons (Fsp3) is 0.700. The van der Waals surface area contributed by atoms with Crippen molar-refractivity contribution in [3.05, 3.63) is 35.4 Å². The summed E-state index contributed by atoms with van der Waals surface area (Å²) in [5, 5.41) is 0. The highest BCUT2D eigenvalue weighted by molar-refractivity contribution is 5.21. The topological polar surface area (TPSA) is 0 Å². The van der Waals surface area contributed by atoms with Gasteiger partial charge in [0.25, 0.3) is 0 Å². The number of hydrogen-bond acceptors (Lipinski definition) is 0. The molecule has 1 fully saturated rings. The second-order valence-electron chi connectivity index (χ2n) is 7.22. The summed E-state index contributed by atoms with van der Waals surface area (Å²) in [5.74, 6) is 0.729. The van der Waals surface area contributed by atoms with E-state index in [0.717, 1.165) is 36.7 Å². The lowest BCUT2D eigenvalue weighted by atomic mass is 9.79. The van der Waals surface area contributed by atoms with Gasteiger partial charge in [0.1, 0.15) is 0 Å². The molecule has 0 aromatic heterocycles. The maximum absolute atomic E-state index is 13.5. The fourth-order valence-corrected chi connectivity index (χ4v) is 3.86. The van der Waals surface area contributed by atoms with Crippen LogP contribution >= 0.6 is 0 Å². The molecular formula is C20H30F2. The monoisotopic (exact) mass is 308 g/mol. The lowest BCUT2D eigenvalue weighted by Gasteiger charge is -2.26. The van der Waals surface area contributed by atoms with Crippen LogP contribution in [0.1, 0.15) is 83.1 Å². The van der Waals surface area contributed by atoms with Crippen LogP contribution in [0.5, 0.6) is 0 Å². The zero-order chi connectivity index (χ0) is 15.9. The van der Waals surface area contributed by atoms with Crippen LogP contribution in [-0.2, 0) is 0 Å². The van der Waals surface area contributed by atoms with E-state index in [1.807, 2.05) is 0 Å². The molecule has 0 saturated heterocycles. The minimum atomic E-state index is -0.740. The lowest BCUT2D eigenvalue weighted by Crippen LogP contribution is -2.12. The smallest absolute Gasteiger partial charge is 0.159 e. The summed E-state index contributed by atoms with van der Waals surface area (Å²) in [6.45, 7) is 4.52. The van der Waals surface area contributed by atoms with Crippen LogP contribution < -0.4 is 0 Å². The molecule has 1 atom stereocenters. The van der Waals surface area contributed by atoms with E-state index in [-0.39, 0.29) is 0 Å². The van der Waals surface area contributed by atoms with Gasteiger partial charge in [-0.15, -0.1) is 0 Å². The largest absolute Gasteiger partial charge is 0.204 e. The Morgan fingerprint density at radius 2 is 1.77 bits per heavy atom. The first-order valence-electron chi connectivity index (χ1n) is 9.05. The van der Waals surface area contributed by atoms with Gasteiger partial charge in [-0.25, -0.2) is 8.78 Å². The van der Waals surface area contributed by atoms with E-state index in [4.69, 9.17) is 0 Å². The number of halogens is 2. The van der Waals surface area contributed by atoms with Crippen molar-refractivity contribution in [2.24, 2.45) is 11.8 Å². The van der Waals surface area contributed by atoms with Crippen molar-refractivity contribution in [3.8, 4) is 0 Å². The van der Waals surface area contributed by atoms with Crippen LogP contribution in [0.4, 0.5) is 8.78 Å². The van der Waals surface area contributed by atoms with Crippen molar-refractivity contribution >= 4 is 0 Å². The van der Waals surface area contributed by atoms with Gasteiger partial charge in [-0.05, 0) is 48.3 Å². The second kappa shape index (κ2) is 8.64. The summed E-state index contributed by atoms with van der Waals surface area (Å²) in [6.07, 6.45) is 11.3. The molecule has 0 nitrogen and oxygen atoms in total. The van der Waals surface area contributed by atoms with Crippen LogP contribution in [0, 0.1) is 23.5 Å². The highest BCUT2D eigenvalue weighted by Crippen LogP contribution is 2.34. The van der Waals surface area contributed by atoms with E-state index in [2.05, 4.69) is 13.8 Å². The molecule has 0 amide bonds. The summed E-state index contributed by atoms with van der Waals surface area (Å²) in [7, 11) is 0. The average molecular weight is 308 g/mol. The predicted octanol–water partition coefficient (Wildman–Crippen LogP) is 6.85. The van der Waals surface area contributed by atoms with E-state index in [0.29, 0.717) is 5.92 Å². The van der Waals surface area contributed by atoms with Crippen LogP contribution in [0.3, 0.4) is 0 Å². The number of rotatable bonds is 7. The SMILES string of the molecule is CCCC(CCCC1CCC(C)CC1)c1ccc(F)c(F)c1. The Labute approximate surface area is 134 Å².